The van der Waals surface area contributed by atoms with Crippen LogP contribution >= 0.6 is 0 Å². The summed E-state index contributed by atoms with van der Waals surface area (Å²) in [6.07, 6.45) is 5.27. The molecule has 0 heterocycles. The molecule has 0 saturated heterocycles. The van der Waals surface area contributed by atoms with Crippen molar-refractivity contribution in [2.45, 2.75) is 6.92 Å². The first kappa shape index (κ1) is 7.02. The van der Waals surface area contributed by atoms with Crippen molar-refractivity contribution in [3.63, 3.8) is 0 Å². The number of allylic oxidation sites excluding steroid dienone is 2. The van der Waals surface area contributed by atoms with Crippen LogP contribution in [0.3, 0.4) is 0 Å². The molecule has 0 aromatic heterocycles. The first-order chi connectivity index (χ1) is 3.77. The van der Waals surface area contributed by atoms with Gasteiger partial charge in [0.2, 0.25) is 0 Å². The fourth-order valence-electron chi connectivity index (χ4n) is 0.258. The number of nitrogens with one attached hydrogen (secondary N) is 1. The molecule has 0 bridgehead atoms. The summed E-state index contributed by atoms with van der Waals surface area (Å²) in [5.41, 5.74) is 1.03. The summed E-state index contributed by atoms with van der Waals surface area (Å²) in [5.74, 6) is 0. The van der Waals surface area contributed by atoms with Crippen LogP contribution in [0.4, 0.5) is 0 Å². The summed E-state index contributed by atoms with van der Waals surface area (Å²) in [6.45, 7) is 9.06. The SMILES string of the molecule is C=CN/C=C/C(=C)C. The van der Waals surface area contributed by atoms with E-state index < -0.39 is 0 Å². The van der Waals surface area contributed by atoms with Gasteiger partial charge in [0, 0.05) is 6.20 Å². The van der Waals surface area contributed by atoms with Crippen molar-refractivity contribution < 1.29 is 0 Å². The zero-order valence-electron chi connectivity index (χ0n) is 5.15. The van der Waals surface area contributed by atoms with Gasteiger partial charge in [0.05, 0.1) is 0 Å². The smallest absolute Gasteiger partial charge is 0.000661 e. The van der Waals surface area contributed by atoms with Gasteiger partial charge in [-0.3, -0.25) is 0 Å². The van der Waals surface area contributed by atoms with Gasteiger partial charge in [0.25, 0.3) is 0 Å². The molecule has 0 aliphatic rings. The highest BCUT2D eigenvalue weighted by atomic mass is 14.8. The molecule has 0 spiro atoms. The Labute approximate surface area is 50.4 Å². The van der Waals surface area contributed by atoms with Crippen LogP contribution in [-0.4, -0.2) is 0 Å². The molecular formula is C7H11N. The second-order valence-electron chi connectivity index (χ2n) is 1.55. The molecule has 0 rings (SSSR count). The van der Waals surface area contributed by atoms with E-state index in [1.165, 1.54) is 0 Å². The molecule has 1 heteroatoms. The van der Waals surface area contributed by atoms with Crippen LogP contribution in [0.1, 0.15) is 6.92 Å². The normalized spacial score (nSPS) is 9.12. The van der Waals surface area contributed by atoms with Crippen molar-refractivity contribution >= 4 is 0 Å². The van der Waals surface area contributed by atoms with Crippen molar-refractivity contribution in [2.24, 2.45) is 0 Å². The molecule has 0 atom stereocenters. The van der Waals surface area contributed by atoms with Crippen LogP contribution in [-0.2, 0) is 0 Å². The molecule has 44 valence electrons. The largest absolute Gasteiger partial charge is 0.368 e. The lowest BCUT2D eigenvalue weighted by Gasteiger charge is -1.85. The van der Waals surface area contributed by atoms with Crippen molar-refractivity contribution in [1.29, 1.82) is 0 Å². The molecule has 0 aromatic carbocycles. The van der Waals surface area contributed by atoms with E-state index in [1.807, 2.05) is 13.0 Å². The Balaban J connectivity index is 3.34. The van der Waals surface area contributed by atoms with Gasteiger partial charge in [-0.05, 0) is 19.2 Å². The summed E-state index contributed by atoms with van der Waals surface area (Å²) in [6, 6.07) is 0. The fourth-order valence-corrected chi connectivity index (χ4v) is 0.258. The molecule has 0 aliphatic heterocycles. The van der Waals surface area contributed by atoms with Crippen LogP contribution in [0.15, 0.2) is 37.2 Å². The fraction of sp³-hybridized carbons (Fsp3) is 0.143. The third-order valence-electron chi connectivity index (χ3n) is 0.582. The minimum Gasteiger partial charge on any atom is -0.368 e. The second kappa shape index (κ2) is 4.19. The van der Waals surface area contributed by atoms with E-state index in [-0.39, 0.29) is 0 Å². The lowest BCUT2D eigenvalue weighted by molar-refractivity contribution is 1.20. The molecular weight excluding hydrogens is 98.1 g/mol. The highest BCUT2D eigenvalue weighted by Crippen LogP contribution is 1.84. The van der Waals surface area contributed by atoms with E-state index in [0.717, 1.165) is 5.57 Å². The Morgan fingerprint density at radius 1 is 1.62 bits per heavy atom. The molecule has 0 aliphatic carbocycles. The summed E-state index contributed by atoms with van der Waals surface area (Å²) in [4.78, 5) is 0. The molecule has 0 aromatic rings. The van der Waals surface area contributed by atoms with E-state index >= 15 is 0 Å². The topological polar surface area (TPSA) is 12.0 Å². The Morgan fingerprint density at radius 2 is 2.25 bits per heavy atom. The zero-order valence-corrected chi connectivity index (χ0v) is 5.15. The number of rotatable bonds is 3. The van der Waals surface area contributed by atoms with Crippen molar-refractivity contribution in [2.75, 3.05) is 0 Å². The average molecular weight is 109 g/mol. The Hall–Kier alpha value is -0.980. The number of hydrogen-bond donors (Lipinski definition) is 1. The minimum atomic E-state index is 1.03. The quantitative estimate of drug-likeness (QED) is 0.545. The molecule has 8 heavy (non-hydrogen) atoms. The van der Waals surface area contributed by atoms with Gasteiger partial charge in [-0.1, -0.05) is 18.7 Å². The van der Waals surface area contributed by atoms with Crippen molar-refractivity contribution in [1.82, 2.24) is 5.32 Å². The van der Waals surface area contributed by atoms with Gasteiger partial charge in [0.1, 0.15) is 0 Å². The third-order valence-corrected chi connectivity index (χ3v) is 0.582. The zero-order chi connectivity index (χ0) is 6.41. The van der Waals surface area contributed by atoms with Crippen molar-refractivity contribution in [3.8, 4) is 0 Å². The maximum absolute atomic E-state index is 3.67. The van der Waals surface area contributed by atoms with Gasteiger partial charge in [-0.25, -0.2) is 0 Å². The van der Waals surface area contributed by atoms with Crippen LogP contribution in [0.2, 0.25) is 0 Å². The summed E-state index contributed by atoms with van der Waals surface area (Å²) in [5, 5.41) is 2.80. The lowest BCUT2D eigenvalue weighted by Crippen LogP contribution is -1.88. The maximum Gasteiger partial charge on any atom is 0.000661 e. The first-order valence-corrected chi connectivity index (χ1v) is 2.46. The van der Waals surface area contributed by atoms with Gasteiger partial charge < -0.3 is 5.32 Å². The lowest BCUT2D eigenvalue weighted by atomic mass is 10.3. The van der Waals surface area contributed by atoms with Gasteiger partial charge in [0.15, 0.2) is 0 Å². The predicted molar refractivity (Wildman–Crippen MR) is 37.3 cm³/mol. The molecule has 0 unspecified atom stereocenters. The van der Waals surface area contributed by atoms with Crippen molar-refractivity contribution in [3.05, 3.63) is 37.2 Å². The second-order valence-corrected chi connectivity index (χ2v) is 1.55. The minimum absolute atomic E-state index is 1.03. The molecule has 1 N–H and O–H groups in total. The monoisotopic (exact) mass is 109 g/mol. The first-order valence-electron chi connectivity index (χ1n) is 2.46. The summed E-state index contributed by atoms with van der Waals surface area (Å²) < 4.78 is 0. The van der Waals surface area contributed by atoms with Gasteiger partial charge in [-0.2, -0.15) is 0 Å². The summed E-state index contributed by atoms with van der Waals surface area (Å²) in [7, 11) is 0. The maximum atomic E-state index is 3.67. The molecule has 0 amide bonds. The molecule has 0 radical (unpaired) electrons. The van der Waals surface area contributed by atoms with E-state index in [0.29, 0.717) is 0 Å². The van der Waals surface area contributed by atoms with E-state index in [2.05, 4.69) is 18.5 Å². The Kier molecular flexibility index (Phi) is 3.67. The predicted octanol–water partition coefficient (Wildman–Crippen LogP) is 1.81. The van der Waals surface area contributed by atoms with Crippen LogP contribution in [0.25, 0.3) is 0 Å². The van der Waals surface area contributed by atoms with Gasteiger partial charge >= 0.3 is 0 Å². The molecule has 0 fully saturated rings. The van der Waals surface area contributed by atoms with E-state index in [1.54, 1.807) is 12.4 Å². The Bertz CT molecular complexity index is 112. The van der Waals surface area contributed by atoms with E-state index in [4.69, 9.17) is 0 Å². The highest BCUT2D eigenvalue weighted by Gasteiger charge is 1.67. The summed E-state index contributed by atoms with van der Waals surface area (Å²) >= 11 is 0. The molecule has 1 nitrogen and oxygen atoms in total. The van der Waals surface area contributed by atoms with Crippen LogP contribution in [0, 0.1) is 0 Å². The molecule has 0 saturated carbocycles. The highest BCUT2D eigenvalue weighted by molar-refractivity contribution is 5.10. The van der Waals surface area contributed by atoms with Gasteiger partial charge in [-0.15, -0.1) is 0 Å². The third kappa shape index (κ3) is 5.02. The number of hydrogen-bond acceptors (Lipinski definition) is 1. The average Bonchev–Trinajstić information content (AvgIpc) is 1.66. The Morgan fingerprint density at radius 3 is 2.62 bits per heavy atom. The van der Waals surface area contributed by atoms with E-state index in [9.17, 15) is 0 Å². The van der Waals surface area contributed by atoms with Crippen LogP contribution in [0.5, 0.6) is 0 Å². The standard InChI is InChI=1S/C7H11N/c1-4-8-6-5-7(2)3/h4-6,8H,1-2H2,3H3/b6-5+. The van der Waals surface area contributed by atoms with Crippen LogP contribution < -0.4 is 5.32 Å².